The molecule has 0 bridgehead atoms. The van der Waals surface area contributed by atoms with Crippen LogP contribution in [0.5, 0.6) is 0 Å². The zero-order valence-electron chi connectivity index (χ0n) is 13.2. The molecule has 0 saturated heterocycles. The Morgan fingerprint density at radius 3 is 2.17 bits per heavy atom. The third kappa shape index (κ3) is 3.71. The summed E-state index contributed by atoms with van der Waals surface area (Å²) in [6, 6.07) is 0.405. The lowest BCUT2D eigenvalue weighted by Gasteiger charge is -2.48. The second kappa shape index (κ2) is 6.91. The van der Waals surface area contributed by atoms with E-state index in [4.69, 9.17) is 5.73 Å². The first kappa shape index (κ1) is 16.0. The van der Waals surface area contributed by atoms with E-state index in [1.807, 2.05) is 0 Å². The molecule has 2 N–H and O–H groups in total. The van der Waals surface area contributed by atoms with Crippen LogP contribution in [0.1, 0.15) is 60.3 Å². The van der Waals surface area contributed by atoms with Crippen molar-refractivity contribution < 1.29 is 0 Å². The van der Waals surface area contributed by atoms with Gasteiger partial charge in [0.05, 0.1) is 0 Å². The van der Waals surface area contributed by atoms with Gasteiger partial charge in [0.2, 0.25) is 0 Å². The molecule has 3 unspecified atom stereocenters. The molecule has 18 heavy (non-hydrogen) atoms. The van der Waals surface area contributed by atoms with Gasteiger partial charge < -0.3 is 10.6 Å². The number of rotatable bonds is 6. The van der Waals surface area contributed by atoms with Gasteiger partial charge in [0.1, 0.15) is 0 Å². The molecule has 108 valence electrons. The fraction of sp³-hybridized carbons (Fsp3) is 1.00. The predicted molar refractivity (Wildman–Crippen MR) is 80.7 cm³/mol. The third-order valence-electron chi connectivity index (χ3n) is 5.27. The second-order valence-electron chi connectivity index (χ2n) is 6.85. The first-order valence-corrected chi connectivity index (χ1v) is 7.91. The van der Waals surface area contributed by atoms with Crippen LogP contribution in [-0.4, -0.2) is 30.6 Å². The van der Waals surface area contributed by atoms with Crippen molar-refractivity contribution in [1.82, 2.24) is 4.90 Å². The highest BCUT2D eigenvalue weighted by Gasteiger charge is 2.41. The van der Waals surface area contributed by atoms with Gasteiger partial charge in [-0.3, -0.25) is 0 Å². The zero-order chi connectivity index (χ0) is 13.8. The Labute approximate surface area is 114 Å². The van der Waals surface area contributed by atoms with Crippen molar-refractivity contribution in [3.63, 3.8) is 0 Å². The Morgan fingerprint density at radius 1 is 1.11 bits per heavy atom. The molecule has 2 nitrogen and oxygen atoms in total. The molecule has 1 rings (SSSR count). The van der Waals surface area contributed by atoms with E-state index >= 15 is 0 Å². The summed E-state index contributed by atoms with van der Waals surface area (Å²) in [4.78, 5) is 2.66. The lowest BCUT2D eigenvalue weighted by molar-refractivity contribution is 0.0286. The van der Waals surface area contributed by atoms with Crippen molar-refractivity contribution in [1.29, 1.82) is 0 Å². The van der Waals surface area contributed by atoms with Crippen LogP contribution in [0.15, 0.2) is 0 Å². The highest BCUT2D eigenvalue weighted by atomic mass is 15.1. The summed E-state index contributed by atoms with van der Waals surface area (Å²) >= 11 is 0. The number of nitrogens with zero attached hydrogens (tertiary/aromatic N) is 1. The van der Waals surface area contributed by atoms with Crippen molar-refractivity contribution in [2.24, 2.45) is 23.0 Å². The van der Waals surface area contributed by atoms with Crippen LogP contribution in [0.4, 0.5) is 0 Å². The predicted octanol–water partition coefficient (Wildman–Crippen LogP) is 3.51. The minimum absolute atomic E-state index is 0.386. The maximum atomic E-state index is 6.25. The average Bonchev–Trinajstić information content (AvgIpc) is 2.31. The van der Waals surface area contributed by atoms with Gasteiger partial charge in [-0.1, -0.05) is 34.6 Å². The molecule has 0 aromatic carbocycles. The zero-order valence-corrected chi connectivity index (χ0v) is 13.2. The van der Waals surface area contributed by atoms with Gasteiger partial charge in [-0.25, -0.2) is 0 Å². The van der Waals surface area contributed by atoms with E-state index < -0.39 is 0 Å². The molecule has 1 saturated carbocycles. The van der Waals surface area contributed by atoms with Crippen molar-refractivity contribution in [2.75, 3.05) is 19.6 Å². The van der Waals surface area contributed by atoms with Crippen molar-refractivity contribution >= 4 is 0 Å². The van der Waals surface area contributed by atoms with E-state index in [1.54, 1.807) is 0 Å². The molecular formula is C16H34N2. The van der Waals surface area contributed by atoms with E-state index in [0.717, 1.165) is 5.92 Å². The summed E-state index contributed by atoms with van der Waals surface area (Å²) < 4.78 is 0. The highest BCUT2D eigenvalue weighted by Crippen LogP contribution is 2.44. The summed E-state index contributed by atoms with van der Waals surface area (Å²) in [7, 11) is 0. The molecular weight excluding hydrogens is 220 g/mol. The highest BCUT2D eigenvalue weighted by molar-refractivity contribution is 4.94. The lowest BCUT2D eigenvalue weighted by Crippen LogP contribution is -2.50. The van der Waals surface area contributed by atoms with Crippen molar-refractivity contribution in [2.45, 2.75) is 66.3 Å². The SMILES string of the molecule is CCCN(CCC)CC1CCC(N)C(C)C1(C)C. The second-order valence-corrected chi connectivity index (χ2v) is 6.85. The van der Waals surface area contributed by atoms with Crippen LogP contribution >= 0.6 is 0 Å². The van der Waals surface area contributed by atoms with Crippen LogP contribution in [0.25, 0.3) is 0 Å². The molecule has 0 aromatic heterocycles. The van der Waals surface area contributed by atoms with Crippen LogP contribution in [0.3, 0.4) is 0 Å². The van der Waals surface area contributed by atoms with Gasteiger partial charge in [-0.15, -0.1) is 0 Å². The van der Waals surface area contributed by atoms with E-state index in [-0.39, 0.29) is 0 Å². The van der Waals surface area contributed by atoms with Gasteiger partial charge >= 0.3 is 0 Å². The van der Waals surface area contributed by atoms with Gasteiger partial charge in [-0.2, -0.15) is 0 Å². The van der Waals surface area contributed by atoms with Crippen LogP contribution in [-0.2, 0) is 0 Å². The Morgan fingerprint density at radius 2 is 1.67 bits per heavy atom. The molecule has 0 radical (unpaired) electrons. The Balaban J connectivity index is 2.64. The first-order chi connectivity index (χ1) is 8.43. The standard InChI is InChI=1S/C16H34N2/c1-6-10-18(11-7-2)12-14-8-9-15(17)13(3)16(14,4)5/h13-15H,6-12,17H2,1-5H3. The molecule has 2 heteroatoms. The van der Waals surface area contributed by atoms with E-state index in [2.05, 4.69) is 39.5 Å². The third-order valence-corrected chi connectivity index (χ3v) is 5.27. The lowest BCUT2D eigenvalue weighted by atomic mass is 9.61. The Kier molecular flexibility index (Phi) is 6.13. The fourth-order valence-corrected chi connectivity index (χ4v) is 3.50. The maximum Gasteiger partial charge on any atom is 0.00698 e. The van der Waals surface area contributed by atoms with Crippen LogP contribution in [0, 0.1) is 17.3 Å². The molecule has 0 aliphatic heterocycles. The molecule has 3 atom stereocenters. The van der Waals surface area contributed by atoms with E-state index in [9.17, 15) is 0 Å². The van der Waals surface area contributed by atoms with Crippen molar-refractivity contribution in [3.8, 4) is 0 Å². The monoisotopic (exact) mass is 254 g/mol. The number of hydrogen-bond acceptors (Lipinski definition) is 2. The van der Waals surface area contributed by atoms with Gasteiger partial charge in [0.15, 0.2) is 0 Å². The summed E-state index contributed by atoms with van der Waals surface area (Å²) in [6.07, 6.45) is 5.05. The molecule has 0 spiro atoms. The van der Waals surface area contributed by atoms with Crippen molar-refractivity contribution in [3.05, 3.63) is 0 Å². The van der Waals surface area contributed by atoms with E-state index in [0.29, 0.717) is 17.4 Å². The summed E-state index contributed by atoms with van der Waals surface area (Å²) in [5.74, 6) is 1.45. The Bertz CT molecular complexity index is 231. The molecule has 0 amide bonds. The topological polar surface area (TPSA) is 29.3 Å². The first-order valence-electron chi connectivity index (χ1n) is 7.91. The molecule has 0 heterocycles. The molecule has 1 fully saturated rings. The van der Waals surface area contributed by atoms with Gasteiger partial charge in [0, 0.05) is 12.6 Å². The number of hydrogen-bond donors (Lipinski definition) is 1. The minimum Gasteiger partial charge on any atom is -0.327 e. The van der Waals surface area contributed by atoms with Crippen LogP contribution in [0.2, 0.25) is 0 Å². The maximum absolute atomic E-state index is 6.25. The fourth-order valence-electron chi connectivity index (χ4n) is 3.50. The normalized spacial score (nSPS) is 31.8. The summed E-state index contributed by atoms with van der Waals surface area (Å²) in [5.41, 5.74) is 6.64. The van der Waals surface area contributed by atoms with E-state index in [1.165, 1.54) is 45.3 Å². The molecule has 0 aromatic rings. The molecule has 1 aliphatic carbocycles. The number of nitrogens with two attached hydrogens (primary N) is 1. The summed E-state index contributed by atoms with van der Waals surface area (Å²) in [5, 5.41) is 0. The average molecular weight is 254 g/mol. The largest absolute Gasteiger partial charge is 0.327 e. The Hall–Kier alpha value is -0.0800. The minimum atomic E-state index is 0.386. The van der Waals surface area contributed by atoms with Crippen LogP contribution < -0.4 is 5.73 Å². The van der Waals surface area contributed by atoms with Gasteiger partial charge in [-0.05, 0) is 56.0 Å². The summed E-state index contributed by atoms with van der Waals surface area (Å²) in [6.45, 7) is 15.5. The molecule has 1 aliphatic rings. The smallest absolute Gasteiger partial charge is 0.00698 e. The van der Waals surface area contributed by atoms with Gasteiger partial charge in [0.25, 0.3) is 0 Å². The quantitative estimate of drug-likeness (QED) is 0.786.